The number of hydrogen-bond acceptors (Lipinski definition) is 5. The summed E-state index contributed by atoms with van der Waals surface area (Å²) >= 11 is 4.75. The number of para-hydroxylation sites is 1. The largest absolute Gasteiger partial charge is 0.272 e. The summed E-state index contributed by atoms with van der Waals surface area (Å²) in [5, 5.41) is 13.4. The minimum absolute atomic E-state index is 0.149. The Labute approximate surface area is 210 Å². The lowest BCUT2D eigenvalue weighted by molar-refractivity contribution is -0.118. The third-order valence-electron chi connectivity index (χ3n) is 4.77. The highest BCUT2D eigenvalue weighted by Crippen LogP contribution is 2.28. The van der Waals surface area contributed by atoms with Gasteiger partial charge in [0.05, 0.1) is 12.0 Å². The van der Waals surface area contributed by atoms with Crippen molar-refractivity contribution in [1.29, 1.82) is 0 Å². The van der Waals surface area contributed by atoms with Crippen LogP contribution >= 0.6 is 27.7 Å². The highest BCUT2D eigenvalue weighted by molar-refractivity contribution is 9.12. The van der Waals surface area contributed by atoms with Crippen LogP contribution in [0, 0.1) is 6.92 Å². The van der Waals surface area contributed by atoms with Crippen LogP contribution in [0.1, 0.15) is 11.1 Å². The molecule has 0 unspecified atom stereocenters. The van der Waals surface area contributed by atoms with E-state index < -0.39 is 0 Å². The summed E-state index contributed by atoms with van der Waals surface area (Å²) in [6, 6.07) is 27.8. The summed E-state index contributed by atoms with van der Waals surface area (Å²) < 4.78 is 2.71. The second-order valence-corrected chi connectivity index (χ2v) is 9.22. The second kappa shape index (κ2) is 11.6. The van der Waals surface area contributed by atoms with Gasteiger partial charge >= 0.3 is 0 Å². The quantitative estimate of drug-likeness (QED) is 0.175. The van der Waals surface area contributed by atoms with Crippen LogP contribution in [0.3, 0.4) is 0 Å². The average molecular weight is 532 g/mol. The molecule has 170 valence electrons. The van der Waals surface area contributed by atoms with Crippen molar-refractivity contribution in [1.82, 2.24) is 20.2 Å². The molecule has 0 atom stereocenters. The monoisotopic (exact) mass is 531 g/mol. The zero-order valence-corrected chi connectivity index (χ0v) is 20.8. The molecule has 0 aliphatic carbocycles. The van der Waals surface area contributed by atoms with E-state index in [1.54, 1.807) is 6.21 Å². The van der Waals surface area contributed by atoms with Gasteiger partial charge in [-0.2, -0.15) is 5.10 Å². The first kappa shape index (κ1) is 23.7. The number of amides is 1. The van der Waals surface area contributed by atoms with E-state index in [-0.39, 0.29) is 11.7 Å². The number of nitrogens with zero attached hydrogens (tertiary/aromatic N) is 4. The Morgan fingerprint density at radius 2 is 1.68 bits per heavy atom. The molecule has 34 heavy (non-hydrogen) atoms. The normalized spacial score (nSPS) is 11.6. The van der Waals surface area contributed by atoms with Crippen LogP contribution in [0.15, 0.2) is 99.7 Å². The van der Waals surface area contributed by atoms with E-state index in [4.69, 9.17) is 0 Å². The number of carbonyl (C=O) groups is 1. The smallest absolute Gasteiger partial charge is 0.250 e. The molecule has 0 fully saturated rings. The SMILES string of the molecule is Cc1ccc(-c2nnc(SCC(=O)N/N=C/C(Br)=C/c3ccccc3)n2-c2ccccc2)cc1. The number of halogens is 1. The maximum atomic E-state index is 12.4. The highest BCUT2D eigenvalue weighted by atomic mass is 79.9. The number of aryl methyl sites for hydroxylation is 1. The van der Waals surface area contributed by atoms with E-state index >= 15 is 0 Å². The van der Waals surface area contributed by atoms with Gasteiger partial charge in [0.25, 0.3) is 5.91 Å². The van der Waals surface area contributed by atoms with Crippen molar-refractivity contribution in [2.75, 3.05) is 5.75 Å². The molecule has 4 rings (SSSR count). The zero-order valence-electron chi connectivity index (χ0n) is 18.4. The number of allylic oxidation sites excluding steroid dienone is 1. The Kier molecular flexibility index (Phi) is 8.06. The number of hydrogen-bond donors (Lipinski definition) is 1. The van der Waals surface area contributed by atoms with Crippen molar-refractivity contribution in [3.05, 3.63) is 101 Å². The number of benzene rings is 3. The molecular formula is C26H22BrN5OS. The first-order valence-electron chi connectivity index (χ1n) is 10.5. The third kappa shape index (κ3) is 6.30. The van der Waals surface area contributed by atoms with Gasteiger partial charge in [0.1, 0.15) is 0 Å². The van der Waals surface area contributed by atoms with E-state index in [2.05, 4.69) is 36.7 Å². The molecule has 0 saturated carbocycles. The average Bonchev–Trinajstić information content (AvgIpc) is 3.28. The lowest BCUT2D eigenvalue weighted by Gasteiger charge is -2.10. The lowest BCUT2D eigenvalue weighted by Crippen LogP contribution is -2.19. The second-order valence-electron chi connectivity index (χ2n) is 7.36. The van der Waals surface area contributed by atoms with E-state index in [9.17, 15) is 4.79 Å². The number of hydrazone groups is 1. The first-order chi connectivity index (χ1) is 16.6. The van der Waals surface area contributed by atoms with Gasteiger partial charge < -0.3 is 0 Å². The van der Waals surface area contributed by atoms with Crippen LogP contribution in [0.5, 0.6) is 0 Å². The summed E-state index contributed by atoms with van der Waals surface area (Å²) in [6.07, 6.45) is 3.47. The Hall–Kier alpha value is -3.49. The number of rotatable bonds is 8. The Balaban J connectivity index is 1.45. The minimum Gasteiger partial charge on any atom is -0.272 e. The summed E-state index contributed by atoms with van der Waals surface area (Å²) in [4.78, 5) is 12.4. The molecule has 0 aliphatic rings. The molecule has 1 heterocycles. The van der Waals surface area contributed by atoms with E-state index in [1.165, 1.54) is 17.3 Å². The fraction of sp³-hybridized carbons (Fsp3) is 0.0769. The molecule has 0 bridgehead atoms. The zero-order chi connectivity index (χ0) is 23.8. The molecular weight excluding hydrogens is 510 g/mol. The van der Waals surface area contributed by atoms with Gasteiger partial charge in [0.2, 0.25) is 0 Å². The lowest BCUT2D eigenvalue weighted by atomic mass is 10.1. The predicted octanol–water partition coefficient (Wildman–Crippen LogP) is 5.87. The molecule has 6 nitrogen and oxygen atoms in total. The van der Waals surface area contributed by atoms with E-state index in [0.29, 0.717) is 5.16 Å². The van der Waals surface area contributed by atoms with Gasteiger partial charge in [-0.05, 0) is 46.6 Å². The molecule has 3 aromatic carbocycles. The Bertz CT molecular complexity index is 1300. The van der Waals surface area contributed by atoms with E-state index in [1.807, 2.05) is 102 Å². The van der Waals surface area contributed by atoms with Crippen LogP contribution in [0.4, 0.5) is 0 Å². The van der Waals surface area contributed by atoms with Gasteiger partial charge in [-0.1, -0.05) is 90.1 Å². The van der Waals surface area contributed by atoms with Crippen LogP contribution < -0.4 is 5.43 Å². The number of aromatic nitrogens is 3. The van der Waals surface area contributed by atoms with Crippen LogP contribution in [0.2, 0.25) is 0 Å². The predicted molar refractivity (Wildman–Crippen MR) is 142 cm³/mol. The van der Waals surface area contributed by atoms with Gasteiger partial charge in [-0.25, -0.2) is 5.43 Å². The Morgan fingerprint density at radius 3 is 2.38 bits per heavy atom. The van der Waals surface area contributed by atoms with Crippen LogP contribution in [-0.2, 0) is 4.79 Å². The number of thioether (sulfide) groups is 1. The minimum atomic E-state index is -0.235. The molecule has 1 N–H and O–H groups in total. The van der Waals surface area contributed by atoms with Gasteiger partial charge in [0, 0.05) is 15.7 Å². The molecule has 1 aromatic heterocycles. The third-order valence-corrected chi connectivity index (χ3v) is 6.13. The van der Waals surface area contributed by atoms with E-state index in [0.717, 1.165) is 27.1 Å². The van der Waals surface area contributed by atoms with Crippen LogP contribution in [-0.4, -0.2) is 32.6 Å². The van der Waals surface area contributed by atoms with Crippen LogP contribution in [0.25, 0.3) is 23.2 Å². The molecule has 8 heteroatoms. The van der Waals surface area contributed by atoms with Crippen molar-refractivity contribution in [2.45, 2.75) is 12.1 Å². The standard InChI is InChI=1S/C26H22BrN5OS/c1-19-12-14-21(15-13-19)25-30-31-26(32(25)23-10-6-3-7-11-23)34-18-24(33)29-28-17-22(27)16-20-8-4-2-5-9-20/h2-17H,18H2,1H3,(H,29,33)/b22-16-,28-17+. The molecule has 0 radical (unpaired) electrons. The maximum Gasteiger partial charge on any atom is 0.250 e. The molecule has 0 aliphatic heterocycles. The number of nitrogens with one attached hydrogen (secondary N) is 1. The molecule has 0 spiro atoms. The van der Waals surface area contributed by atoms with Crippen molar-refractivity contribution >= 4 is 45.9 Å². The fourth-order valence-electron chi connectivity index (χ4n) is 3.14. The molecule has 4 aromatic rings. The van der Waals surface area contributed by atoms with Gasteiger partial charge in [0.15, 0.2) is 11.0 Å². The summed E-state index contributed by atoms with van der Waals surface area (Å²) in [5.41, 5.74) is 6.65. The molecule has 0 saturated heterocycles. The highest BCUT2D eigenvalue weighted by Gasteiger charge is 2.17. The van der Waals surface area contributed by atoms with Crippen molar-refractivity contribution in [2.24, 2.45) is 5.10 Å². The fourth-order valence-corrected chi connectivity index (χ4v) is 4.25. The van der Waals surface area contributed by atoms with Crippen molar-refractivity contribution < 1.29 is 4.79 Å². The molecule has 1 amide bonds. The number of carbonyl (C=O) groups excluding carboxylic acids is 1. The summed E-state index contributed by atoms with van der Waals surface area (Å²) in [5.74, 6) is 0.638. The first-order valence-corrected chi connectivity index (χ1v) is 12.3. The summed E-state index contributed by atoms with van der Waals surface area (Å²) in [7, 11) is 0. The van der Waals surface area contributed by atoms with Crippen molar-refractivity contribution in [3.8, 4) is 17.1 Å². The van der Waals surface area contributed by atoms with Crippen molar-refractivity contribution in [3.63, 3.8) is 0 Å². The van der Waals surface area contributed by atoms with Gasteiger partial charge in [-0.3, -0.25) is 9.36 Å². The topological polar surface area (TPSA) is 72.2 Å². The summed E-state index contributed by atoms with van der Waals surface area (Å²) in [6.45, 7) is 2.05. The Morgan fingerprint density at radius 1 is 1.00 bits per heavy atom. The van der Waals surface area contributed by atoms with Gasteiger partial charge in [-0.15, -0.1) is 10.2 Å². The maximum absolute atomic E-state index is 12.4.